The Labute approximate surface area is 90.3 Å². The van der Waals surface area contributed by atoms with Crippen LogP contribution in [0.1, 0.15) is 13.8 Å². The molecule has 1 heterocycles. The van der Waals surface area contributed by atoms with Crippen LogP contribution in [0.4, 0.5) is 0 Å². The zero-order valence-electron chi connectivity index (χ0n) is 8.67. The molecule has 16 heavy (non-hydrogen) atoms. The number of hydrogen-bond donors (Lipinski definition) is 3. The van der Waals surface area contributed by atoms with E-state index in [1.165, 1.54) is 0 Å². The Morgan fingerprint density at radius 2 is 2.19 bits per heavy atom. The van der Waals surface area contributed by atoms with Crippen molar-refractivity contribution >= 4 is 11.6 Å². The maximum Gasteiger partial charge on any atom is 0.291 e. The molecule has 0 fully saturated rings. The van der Waals surface area contributed by atoms with Gasteiger partial charge in [-0.05, 0) is 19.9 Å². The summed E-state index contributed by atoms with van der Waals surface area (Å²) in [5.41, 5.74) is 4.68. The van der Waals surface area contributed by atoms with Crippen molar-refractivity contribution < 1.29 is 15.1 Å². The Balaban J connectivity index is 0.000000487. The van der Waals surface area contributed by atoms with E-state index in [0.717, 1.165) is 0 Å². The Morgan fingerprint density at radius 1 is 1.75 bits per heavy atom. The van der Waals surface area contributed by atoms with Crippen LogP contribution in [0.5, 0.6) is 0 Å². The third-order valence-corrected chi connectivity index (χ3v) is 1.61. The zero-order valence-corrected chi connectivity index (χ0v) is 8.67. The molecule has 0 aromatic carbocycles. The first-order chi connectivity index (χ1) is 7.19. The predicted molar refractivity (Wildman–Crippen MR) is 52.7 cm³/mol. The Morgan fingerprint density at radius 3 is 2.44 bits per heavy atom. The molecular weight excluding hydrogens is 218 g/mol. The molecule has 9 heteroatoms. The van der Waals surface area contributed by atoms with Gasteiger partial charge >= 0.3 is 0 Å². The SMILES string of the molecule is CC1=CC(C)(C(=O)C(=N)N)N=N1.O=[N+]([O-])O. The highest BCUT2D eigenvalue weighted by Crippen LogP contribution is 2.23. The maximum atomic E-state index is 11.3. The van der Waals surface area contributed by atoms with Gasteiger partial charge in [0.15, 0.2) is 11.4 Å². The average Bonchev–Trinajstić information content (AvgIpc) is 2.45. The minimum absolute atomic E-state index is 0.484. The van der Waals surface area contributed by atoms with Crippen LogP contribution in [0.3, 0.4) is 0 Å². The van der Waals surface area contributed by atoms with Gasteiger partial charge in [0.25, 0.3) is 5.09 Å². The molecule has 1 aliphatic rings. The van der Waals surface area contributed by atoms with Gasteiger partial charge in [0, 0.05) is 0 Å². The van der Waals surface area contributed by atoms with Crippen LogP contribution in [-0.4, -0.2) is 27.5 Å². The lowest BCUT2D eigenvalue weighted by molar-refractivity contribution is -0.742. The van der Waals surface area contributed by atoms with Crippen LogP contribution in [0.25, 0.3) is 0 Å². The lowest BCUT2D eigenvalue weighted by atomic mass is 9.96. The van der Waals surface area contributed by atoms with Crippen molar-refractivity contribution in [2.75, 3.05) is 0 Å². The van der Waals surface area contributed by atoms with Crippen molar-refractivity contribution in [3.63, 3.8) is 0 Å². The average molecular weight is 229 g/mol. The largest absolute Gasteiger partial charge is 0.381 e. The molecule has 1 atom stereocenters. The molecule has 0 radical (unpaired) electrons. The molecule has 1 unspecified atom stereocenters. The topological polar surface area (TPSA) is 155 Å². The monoisotopic (exact) mass is 229 g/mol. The summed E-state index contributed by atoms with van der Waals surface area (Å²) in [7, 11) is 0. The summed E-state index contributed by atoms with van der Waals surface area (Å²) in [6.07, 6.45) is 1.59. The maximum absolute atomic E-state index is 11.3. The lowest BCUT2D eigenvalue weighted by Crippen LogP contribution is -2.39. The number of allylic oxidation sites excluding steroid dienone is 1. The fraction of sp³-hybridized carbons (Fsp3) is 0.429. The molecule has 1 aliphatic heterocycles. The fourth-order valence-electron chi connectivity index (χ4n) is 1.03. The summed E-state index contributed by atoms with van der Waals surface area (Å²) in [4.78, 5) is 19.6. The van der Waals surface area contributed by atoms with Gasteiger partial charge in [0.2, 0.25) is 5.78 Å². The summed E-state index contributed by atoms with van der Waals surface area (Å²) in [5.74, 6) is -0.995. The van der Waals surface area contributed by atoms with Gasteiger partial charge in [-0.3, -0.25) is 10.2 Å². The van der Waals surface area contributed by atoms with Crippen molar-refractivity contribution in [1.29, 1.82) is 5.41 Å². The minimum Gasteiger partial charge on any atom is -0.381 e. The zero-order chi connectivity index (χ0) is 12.9. The van der Waals surface area contributed by atoms with Crippen LogP contribution in [0, 0.1) is 15.5 Å². The number of carbonyl (C=O) groups excluding carboxylic acids is 1. The molecular formula is C7H11N5O4. The number of amidine groups is 1. The Kier molecular flexibility index (Phi) is 4.24. The summed E-state index contributed by atoms with van der Waals surface area (Å²) in [6.45, 7) is 3.32. The smallest absolute Gasteiger partial charge is 0.291 e. The van der Waals surface area contributed by atoms with Gasteiger partial charge in [0.05, 0.1) is 5.70 Å². The van der Waals surface area contributed by atoms with Gasteiger partial charge < -0.3 is 10.9 Å². The molecule has 1 rings (SSSR count). The molecule has 0 spiro atoms. The molecule has 0 amide bonds. The van der Waals surface area contributed by atoms with Crippen molar-refractivity contribution in [3.05, 3.63) is 21.9 Å². The van der Waals surface area contributed by atoms with Crippen molar-refractivity contribution in [2.45, 2.75) is 19.4 Å². The van der Waals surface area contributed by atoms with Gasteiger partial charge in [-0.2, -0.15) is 10.2 Å². The molecule has 88 valence electrons. The number of azo groups is 1. The number of nitrogens with two attached hydrogens (primary N) is 1. The summed E-state index contributed by atoms with van der Waals surface area (Å²) >= 11 is 0. The van der Waals surface area contributed by atoms with Crippen molar-refractivity contribution in [1.82, 2.24) is 0 Å². The third kappa shape index (κ3) is 3.82. The van der Waals surface area contributed by atoms with Gasteiger partial charge in [-0.1, -0.05) is 0 Å². The molecule has 0 aromatic rings. The highest BCUT2D eigenvalue weighted by atomic mass is 16.9. The second-order valence-corrected chi connectivity index (χ2v) is 3.11. The molecule has 0 saturated carbocycles. The lowest BCUT2D eigenvalue weighted by Gasteiger charge is -2.12. The van der Waals surface area contributed by atoms with E-state index in [1.807, 2.05) is 0 Å². The second-order valence-electron chi connectivity index (χ2n) is 3.11. The predicted octanol–water partition coefficient (Wildman–Crippen LogP) is 0.272. The van der Waals surface area contributed by atoms with E-state index < -0.39 is 22.2 Å². The van der Waals surface area contributed by atoms with E-state index in [4.69, 9.17) is 26.5 Å². The normalized spacial score (nSPS) is 21.8. The highest BCUT2D eigenvalue weighted by molar-refractivity contribution is 6.40. The Hall–Kier alpha value is -2.32. The van der Waals surface area contributed by atoms with Gasteiger partial charge in [0.1, 0.15) is 0 Å². The van der Waals surface area contributed by atoms with Crippen molar-refractivity contribution in [3.8, 4) is 0 Å². The van der Waals surface area contributed by atoms with Crippen LogP contribution >= 0.6 is 0 Å². The molecule has 0 aliphatic carbocycles. The second kappa shape index (κ2) is 4.96. The Bertz CT molecular complexity index is 384. The van der Waals surface area contributed by atoms with E-state index in [-0.39, 0.29) is 0 Å². The number of nitrogens with one attached hydrogen (secondary N) is 1. The standard InChI is InChI=1S/C7H10N4O.HNO3/c1-4-3-7(2,11-10-4)5(12)6(8)9;2-1(3)4/h3H,1-2H3,(H3,8,9);(H,2,3,4). The van der Waals surface area contributed by atoms with E-state index in [9.17, 15) is 4.79 Å². The van der Waals surface area contributed by atoms with Gasteiger partial charge in [-0.25, -0.2) is 0 Å². The van der Waals surface area contributed by atoms with E-state index >= 15 is 0 Å². The number of carbonyl (C=O) groups is 1. The number of nitrogens with zero attached hydrogens (tertiary/aromatic N) is 3. The molecule has 0 aromatic heterocycles. The minimum atomic E-state index is -1.50. The number of rotatable bonds is 2. The first kappa shape index (κ1) is 13.7. The van der Waals surface area contributed by atoms with Crippen LogP contribution < -0.4 is 5.73 Å². The fourth-order valence-corrected chi connectivity index (χ4v) is 1.03. The molecule has 9 nitrogen and oxygen atoms in total. The summed E-state index contributed by atoms with van der Waals surface area (Å²) < 4.78 is 0. The number of hydrogen-bond acceptors (Lipinski definition) is 6. The summed E-state index contributed by atoms with van der Waals surface area (Å²) in [5, 5.41) is 28.0. The van der Waals surface area contributed by atoms with Crippen LogP contribution in [0.2, 0.25) is 0 Å². The number of Topliss-reactive ketones (excluding diaryl/α,β-unsaturated/α-hetero) is 1. The molecule has 0 bridgehead atoms. The van der Waals surface area contributed by atoms with Gasteiger partial charge in [-0.15, -0.1) is 10.1 Å². The first-order valence-electron chi connectivity index (χ1n) is 4.03. The van der Waals surface area contributed by atoms with E-state index in [2.05, 4.69) is 10.2 Å². The van der Waals surface area contributed by atoms with E-state index in [0.29, 0.717) is 5.70 Å². The first-order valence-corrected chi connectivity index (χ1v) is 4.03. The highest BCUT2D eigenvalue weighted by Gasteiger charge is 2.35. The van der Waals surface area contributed by atoms with E-state index in [1.54, 1.807) is 19.9 Å². The number of ketones is 1. The summed E-state index contributed by atoms with van der Waals surface area (Å²) in [6, 6.07) is 0. The third-order valence-electron chi connectivity index (χ3n) is 1.61. The molecule has 4 N–H and O–H groups in total. The quantitative estimate of drug-likeness (QED) is 0.268. The van der Waals surface area contributed by atoms with Crippen LogP contribution in [-0.2, 0) is 4.79 Å². The van der Waals surface area contributed by atoms with Crippen molar-refractivity contribution in [2.24, 2.45) is 16.0 Å². The molecule has 0 saturated heterocycles. The van der Waals surface area contributed by atoms with Crippen LogP contribution in [0.15, 0.2) is 22.0 Å².